The lowest BCUT2D eigenvalue weighted by atomic mass is 10.1. The minimum Gasteiger partial charge on any atom is -0.494 e. The van der Waals surface area contributed by atoms with Gasteiger partial charge in [-0.1, -0.05) is 25.5 Å². The molecule has 1 aromatic carbocycles. The second-order valence-electron chi connectivity index (χ2n) is 5.80. The molecule has 2 rings (SSSR count). The third-order valence-corrected chi connectivity index (χ3v) is 4.00. The Morgan fingerprint density at radius 1 is 1.20 bits per heavy atom. The summed E-state index contributed by atoms with van der Waals surface area (Å²) in [5.41, 5.74) is 1.34. The SMILES string of the molecule is CCCCOc1ccc(CNC2CCN(C)CC2)cc1. The molecular weight excluding hydrogens is 248 g/mol. The minimum atomic E-state index is 0.673. The van der Waals surface area contributed by atoms with Gasteiger partial charge in [0, 0.05) is 12.6 Å². The van der Waals surface area contributed by atoms with Gasteiger partial charge in [-0.15, -0.1) is 0 Å². The van der Waals surface area contributed by atoms with Crippen molar-refractivity contribution >= 4 is 0 Å². The van der Waals surface area contributed by atoms with Crippen LogP contribution in [0.2, 0.25) is 0 Å². The fraction of sp³-hybridized carbons (Fsp3) is 0.647. The summed E-state index contributed by atoms with van der Waals surface area (Å²) in [5, 5.41) is 3.66. The summed E-state index contributed by atoms with van der Waals surface area (Å²) >= 11 is 0. The highest BCUT2D eigenvalue weighted by Gasteiger charge is 2.15. The van der Waals surface area contributed by atoms with Gasteiger partial charge in [-0.3, -0.25) is 0 Å². The molecule has 20 heavy (non-hydrogen) atoms. The van der Waals surface area contributed by atoms with Crippen LogP contribution in [0.25, 0.3) is 0 Å². The molecule has 112 valence electrons. The second-order valence-corrected chi connectivity index (χ2v) is 5.80. The molecule has 1 aliphatic heterocycles. The Morgan fingerprint density at radius 3 is 2.55 bits per heavy atom. The minimum absolute atomic E-state index is 0.673. The van der Waals surface area contributed by atoms with Crippen LogP contribution in [-0.2, 0) is 6.54 Å². The second kappa shape index (κ2) is 8.28. The topological polar surface area (TPSA) is 24.5 Å². The average molecular weight is 276 g/mol. The Bertz CT molecular complexity index is 369. The molecule has 0 radical (unpaired) electrons. The van der Waals surface area contributed by atoms with Crippen LogP contribution in [0.1, 0.15) is 38.2 Å². The summed E-state index contributed by atoms with van der Waals surface area (Å²) in [6, 6.07) is 9.18. The fourth-order valence-electron chi connectivity index (χ4n) is 2.51. The normalized spacial score (nSPS) is 17.3. The van der Waals surface area contributed by atoms with Gasteiger partial charge in [0.1, 0.15) is 5.75 Å². The Labute approximate surface area is 123 Å². The van der Waals surface area contributed by atoms with E-state index in [0.717, 1.165) is 25.3 Å². The predicted octanol–water partition coefficient (Wildman–Crippen LogP) is 3.05. The molecule has 0 spiro atoms. The summed E-state index contributed by atoms with van der Waals surface area (Å²) in [7, 11) is 2.20. The third kappa shape index (κ3) is 5.14. The molecule has 1 saturated heterocycles. The maximum absolute atomic E-state index is 5.68. The average Bonchev–Trinajstić information content (AvgIpc) is 2.48. The lowest BCUT2D eigenvalue weighted by Crippen LogP contribution is -2.40. The van der Waals surface area contributed by atoms with Crippen LogP contribution < -0.4 is 10.1 Å². The largest absolute Gasteiger partial charge is 0.494 e. The maximum Gasteiger partial charge on any atom is 0.119 e. The number of rotatable bonds is 7. The molecule has 0 aliphatic carbocycles. The number of nitrogens with one attached hydrogen (secondary N) is 1. The summed E-state index contributed by atoms with van der Waals surface area (Å²) in [5.74, 6) is 0.987. The van der Waals surface area contributed by atoms with Crippen molar-refractivity contribution in [3.63, 3.8) is 0 Å². The molecule has 0 aromatic heterocycles. The zero-order chi connectivity index (χ0) is 14.2. The number of piperidine rings is 1. The molecule has 1 fully saturated rings. The fourth-order valence-corrected chi connectivity index (χ4v) is 2.51. The zero-order valence-corrected chi connectivity index (χ0v) is 12.9. The van der Waals surface area contributed by atoms with E-state index in [0.29, 0.717) is 6.04 Å². The highest BCUT2D eigenvalue weighted by Crippen LogP contribution is 2.14. The van der Waals surface area contributed by atoms with Gasteiger partial charge >= 0.3 is 0 Å². The van der Waals surface area contributed by atoms with Crippen molar-refractivity contribution in [2.45, 2.75) is 45.2 Å². The van der Waals surface area contributed by atoms with Crippen LogP contribution in [0.4, 0.5) is 0 Å². The number of hydrogen-bond donors (Lipinski definition) is 1. The van der Waals surface area contributed by atoms with Crippen LogP contribution in [0, 0.1) is 0 Å². The van der Waals surface area contributed by atoms with Crippen molar-refractivity contribution in [1.29, 1.82) is 0 Å². The molecule has 3 heteroatoms. The molecule has 1 N–H and O–H groups in total. The number of unbranched alkanes of at least 4 members (excludes halogenated alkanes) is 1. The van der Waals surface area contributed by atoms with Gasteiger partial charge in [0.25, 0.3) is 0 Å². The first-order valence-corrected chi connectivity index (χ1v) is 7.91. The van der Waals surface area contributed by atoms with Gasteiger partial charge in [-0.2, -0.15) is 0 Å². The molecule has 1 aromatic rings. The maximum atomic E-state index is 5.68. The Morgan fingerprint density at radius 2 is 1.90 bits per heavy atom. The molecular formula is C17H28N2O. The van der Waals surface area contributed by atoms with Gasteiger partial charge < -0.3 is 15.0 Å². The molecule has 0 bridgehead atoms. The van der Waals surface area contributed by atoms with E-state index in [1.807, 2.05) is 0 Å². The first-order valence-electron chi connectivity index (χ1n) is 7.91. The van der Waals surface area contributed by atoms with Crippen LogP contribution in [0.5, 0.6) is 5.75 Å². The highest BCUT2D eigenvalue weighted by atomic mass is 16.5. The van der Waals surface area contributed by atoms with E-state index in [1.54, 1.807) is 0 Å². The van der Waals surface area contributed by atoms with Crippen molar-refractivity contribution in [3.8, 4) is 5.75 Å². The highest BCUT2D eigenvalue weighted by molar-refractivity contribution is 5.27. The van der Waals surface area contributed by atoms with Crippen LogP contribution in [0.15, 0.2) is 24.3 Å². The molecule has 0 unspecified atom stereocenters. The van der Waals surface area contributed by atoms with E-state index >= 15 is 0 Å². The molecule has 0 saturated carbocycles. The smallest absolute Gasteiger partial charge is 0.119 e. The molecule has 3 nitrogen and oxygen atoms in total. The van der Waals surface area contributed by atoms with E-state index in [-0.39, 0.29) is 0 Å². The van der Waals surface area contributed by atoms with E-state index in [2.05, 4.69) is 48.5 Å². The van der Waals surface area contributed by atoms with Gasteiger partial charge in [0.2, 0.25) is 0 Å². The van der Waals surface area contributed by atoms with E-state index in [1.165, 1.54) is 37.9 Å². The predicted molar refractivity (Wildman–Crippen MR) is 84.2 cm³/mol. The van der Waals surface area contributed by atoms with Crippen molar-refractivity contribution in [2.24, 2.45) is 0 Å². The van der Waals surface area contributed by atoms with Crippen molar-refractivity contribution in [1.82, 2.24) is 10.2 Å². The summed E-state index contributed by atoms with van der Waals surface area (Å²) in [6.07, 6.45) is 4.82. The summed E-state index contributed by atoms with van der Waals surface area (Å²) in [4.78, 5) is 2.40. The van der Waals surface area contributed by atoms with Gasteiger partial charge in [-0.25, -0.2) is 0 Å². The number of likely N-dealkylation sites (tertiary alicyclic amines) is 1. The van der Waals surface area contributed by atoms with Crippen LogP contribution in [0.3, 0.4) is 0 Å². The molecule has 0 atom stereocenters. The first kappa shape index (κ1) is 15.3. The Hall–Kier alpha value is -1.06. The van der Waals surface area contributed by atoms with Crippen molar-refractivity contribution < 1.29 is 4.74 Å². The number of nitrogens with zero attached hydrogens (tertiary/aromatic N) is 1. The first-order chi connectivity index (χ1) is 9.78. The zero-order valence-electron chi connectivity index (χ0n) is 12.9. The lowest BCUT2D eigenvalue weighted by molar-refractivity contribution is 0.234. The van der Waals surface area contributed by atoms with E-state index < -0.39 is 0 Å². The van der Waals surface area contributed by atoms with Crippen molar-refractivity contribution in [3.05, 3.63) is 29.8 Å². The van der Waals surface area contributed by atoms with Gasteiger partial charge in [0.15, 0.2) is 0 Å². The van der Waals surface area contributed by atoms with E-state index in [4.69, 9.17) is 4.74 Å². The van der Waals surface area contributed by atoms with Gasteiger partial charge in [0.05, 0.1) is 6.61 Å². The Kier molecular flexibility index (Phi) is 6.34. The molecule has 1 heterocycles. The van der Waals surface area contributed by atoms with E-state index in [9.17, 15) is 0 Å². The summed E-state index contributed by atoms with van der Waals surface area (Å²) < 4.78 is 5.68. The molecule has 0 amide bonds. The lowest BCUT2D eigenvalue weighted by Gasteiger charge is -2.29. The third-order valence-electron chi connectivity index (χ3n) is 4.00. The summed E-state index contributed by atoms with van der Waals surface area (Å²) in [6.45, 7) is 6.39. The monoisotopic (exact) mass is 276 g/mol. The Balaban J connectivity index is 1.70. The van der Waals surface area contributed by atoms with Gasteiger partial charge in [-0.05, 0) is 57.1 Å². The number of ether oxygens (including phenoxy) is 1. The molecule has 1 aliphatic rings. The van der Waals surface area contributed by atoms with Crippen LogP contribution in [-0.4, -0.2) is 37.7 Å². The quantitative estimate of drug-likeness (QED) is 0.775. The standard InChI is InChI=1S/C17H28N2O/c1-3-4-13-20-17-7-5-15(6-8-17)14-18-16-9-11-19(2)12-10-16/h5-8,16,18H,3-4,9-14H2,1-2H3. The van der Waals surface area contributed by atoms with Crippen molar-refractivity contribution in [2.75, 3.05) is 26.7 Å². The number of hydrogen-bond acceptors (Lipinski definition) is 3. The van der Waals surface area contributed by atoms with Crippen LogP contribution >= 0.6 is 0 Å². The number of benzene rings is 1.